The molecule has 150 valence electrons. The molecule has 0 aliphatic heterocycles. The third-order valence-electron chi connectivity index (χ3n) is 4.14. The summed E-state index contributed by atoms with van der Waals surface area (Å²) in [6.07, 6.45) is 6.12. The fraction of sp³-hybridized carbons (Fsp3) is 0.600. The molecule has 0 amide bonds. The van der Waals surface area contributed by atoms with Crippen LogP contribution in [-0.2, 0) is 25.7 Å². The molecule has 0 aliphatic carbocycles. The molecule has 0 heterocycles. The lowest BCUT2D eigenvalue weighted by Gasteiger charge is -2.07. The predicted octanol–water partition coefficient (Wildman–Crippen LogP) is 4.63. The van der Waals surface area contributed by atoms with Gasteiger partial charge >= 0.3 is 11.9 Å². The molecule has 0 saturated heterocycles. The lowest BCUT2D eigenvalue weighted by molar-refractivity contribution is -0.385. The van der Waals surface area contributed by atoms with E-state index in [2.05, 4.69) is 6.92 Å². The highest BCUT2D eigenvalue weighted by molar-refractivity contribution is 5.72. The van der Waals surface area contributed by atoms with Crippen LogP contribution in [0.1, 0.15) is 69.4 Å². The van der Waals surface area contributed by atoms with Crippen molar-refractivity contribution in [2.45, 2.75) is 71.8 Å². The summed E-state index contributed by atoms with van der Waals surface area (Å²) < 4.78 is 10.2. The Bertz CT molecular complexity index is 629. The molecule has 0 bridgehead atoms. The van der Waals surface area contributed by atoms with Crippen LogP contribution in [-0.4, -0.2) is 23.5 Å². The smallest absolute Gasteiger partial charge is 0.306 e. The van der Waals surface area contributed by atoms with Crippen molar-refractivity contribution in [1.29, 1.82) is 0 Å². The van der Waals surface area contributed by atoms with Gasteiger partial charge in [0.05, 0.1) is 11.5 Å². The molecule has 0 fully saturated rings. The van der Waals surface area contributed by atoms with E-state index in [0.29, 0.717) is 24.2 Å². The summed E-state index contributed by atoms with van der Waals surface area (Å²) in [5, 5.41) is 10.9. The SMILES string of the molecule is CCCCCCCOC(=O)CCCC(=O)OCc1ccc(C)c([N+](=O)[O-])c1. The van der Waals surface area contributed by atoms with E-state index < -0.39 is 10.9 Å². The van der Waals surface area contributed by atoms with Crippen molar-refractivity contribution < 1.29 is 24.0 Å². The number of nitro benzene ring substituents is 1. The number of carbonyl (C=O) groups excluding carboxylic acids is 2. The Morgan fingerprint density at radius 3 is 2.33 bits per heavy atom. The van der Waals surface area contributed by atoms with Crippen LogP contribution in [0.15, 0.2) is 18.2 Å². The number of aryl methyl sites for hydroxylation is 1. The summed E-state index contributed by atoms with van der Waals surface area (Å²) in [6.45, 7) is 4.20. The summed E-state index contributed by atoms with van der Waals surface area (Å²) in [4.78, 5) is 33.8. The molecule has 0 N–H and O–H groups in total. The predicted molar refractivity (Wildman–Crippen MR) is 101 cm³/mol. The van der Waals surface area contributed by atoms with E-state index >= 15 is 0 Å². The van der Waals surface area contributed by atoms with E-state index in [4.69, 9.17) is 9.47 Å². The molecule has 1 aromatic rings. The first-order valence-corrected chi connectivity index (χ1v) is 9.49. The van der Waals surface area contributed by atoms with E-state index in [1.54, 1.807) is 19.1 Å². The number of rotatable bonds is 13. The van der Waals surface area contributed by atoms with Gasteiger partial charge in [0.2, 0.25) is 0 Å². The summed E-state index contributed by atoms with van der Waals surface area (Å²) in [5.41, 5.74) is 1.11. The van der Waals surface area contributed by atoms with E-state index in [0.717, 1.165) is 19.3 Å². The highest BCUT2D eigenvalue weighted by Gasteiger charge is 2.12. The van der Waals surface area contributed by atoms with Gasteiger partial charge in [-0.15, -0.1) is 0 Å². The second-order valence-corrected chi connectivity index (χ2v) is 6.53. The van der Waals surface area contributed by atoms with E-state index in [-0.39, 0.29) is 31.1 Å². The highest BCUT2D eigenvalue weighted by atomic mass is 16.6. The van der Waals surface area contributed by atoms with Gasteiger partial charge in [-0.25, -0.2) is 0 Å². The van der Waals surface area contributed by atoms with Crippen molar-refractivity contribution in [1.82, 2.24) is 0 Å². The van der Waals surface area contributed by atoms with Crippen LogP contribution in [0.4, 0.5) is 5.69 Å². The van der Waals surface area contributed by atoms with Crippen LogP contribution in [0.3, 0.4) is 0 Å². The molecule has 0 saturated carbocycles. The number of benzene rings is 1. The van der Waals surface area contributed by atoms with Gasteiger partial charge in [0, 0.05) is 24.5 Å². The third kappa shape index (κ3) is 9.72. The molecule has 7 nitrogen and oxygen atoms in total. The Morgan fingerprint density at radius 1 is 1.00 bits per heavy atom. The van der Waals surface area contributed by atoms with Crippen molar-refractivity contribution in [3.8, 4) is 0 Å². The van der Waals surface area contributed by atoms with E-state index in [1.807, 2.05) is 0 Å². The zero-order chi connectivity index (χ0) is 20.1. The van der Waals surface area contributed by atoms with Crippen molar-refractivity contribution in [3.05, 3.63) is 39.4 Å². The van der Waals surface area contributed by atoms with Gasteiger partial charge in [0.15, 0.2) is 0 Å². The number of esters is 2. The average Bonchev–Trinajstić information content (AvgIpc) is 2.63. The van der Waals surface area contributed by atoms with Crippen LogP contribution >= 0.6 is 0 Å². The van der Waals surface area contributed by atoms with Crippen molar-refractivity contribution >= 4 is 17.6 Å². The van der Waals surface area contributed by atoms with Crippen LogP contribution in [0, 0.1) is 17.0 Å². The lowest BCUT2D eigenvalue weighted by atomic mass is 10.1. The van der Waals surface area contributed by atoms with Crippen molar-refractivity contribution in [3.63, 3.8) is 0 Å². The largest absolute Gasteiger partial charge is 0.466 e. The maximum atomic E-state index is 11.7. The number of ether oxygens (including phenoxy) is 2. The van der Waals surface area contributed by atoms with Gasteiger partial charge in [0.1, 0.15) is 6.61 Å². The molecule has 1 aromatic carbocycles. The number of carbonyl (C=O) groups is 2. The molecule has 27 heavy (non-hydrogen) atoms. The van der Waals surface area contributed by atoms with Gasteiger partial charge in [-0.05, 0) is 25.3 Å². The zero-order valence-corrected chi connectivity index (χ0v) is 16.2. The van der Waals surface area contributed by atoms with Gasteiger partial charge in [-0.3, -0.25) is 19.7 Å². The zero-order valence-electron chi connectivity index (χ0n) is 16.2. The molecule has 1 rings (SSSR count). The Morgan fingerprint density at radius 2 is 1.67 bits per heavy atom. The van der Waals surface area contributed by atoms with Gasteiger partial charge < -0.3 is 9.47 Å². The molecule has 0 aromatic heterocycles. The molecule has 0 radical (unpaired) electrons. The molecule has 0 atom stereocenters. The van der Waals surface area contributed by atoms with Crippen LogP contribution in [0.25, 0.3) is 0 Å². The minimum Gasteiger partial charge on any atom is -0.466 e. The third-order valence-corrected chi connectivity index (χ3v) is 4.14. The lowest BCUT2D eigenvalue weighted by Crippen LogP contribution is -2.09. The molecule has 7 heteroatoms. The summed E-state index contributed by atoms with van der Waals surface area (Å²) in [5.74, 6) is -0.738. The van der Waals surface area contributed by atoms with Crippen molar-refractivity contribution in [2.75, 3.05) is 6.61 Å². The quantitative estimate of drug-likeness (QED) is 0.215. The second-order valence-electron chi connectivity index (χ2n) is 6.53. The highest BCUT2D eigenvalue weighted by Crippen LogP contribution is 2.19. The van der Waals surface area contributed by atoms with E-state index in [9.17, 15) is 19.7 Å². The molecular formula is C20H29NO6. The first-order chi connectivity index (χ1) is 12.9. The molecule has 0 spiro atoms. The maximum Gasteiger partial charge on any atom is 0.306 e. The Balaban J connectivity index is 2.18. The average molecular weight is 379 g/mol. The number of hydrogen-bond donors (Lipinski definition) is 0. The standard InChI is InChI=1S/C20H29NO6/c1-3-4-5-6-7-13-26-19(22)9-8-10-20(23)27-15-17-12-11-16(2)18(14-17)21(24)25/h11-12,14H,3-10,13,15H2,1-2H3. The fourth-order valence-corrected chi connectivity index (χ4v) is 2.52. The monoisotopic (exact) mass is 379 g/mol. The van der Waals surface area contributed by atoms with Gasteiger partial charge in [0.25, 0.3) is 5.69 Å². The van der Waals surface area contributed by atoms with Gasteiger partial charge in [-0.1, -0.05) is 44.7 Å². The van der Waals surface area contributed by atoms with Crippen LogP contribution in [0.2, 0.25) is 0 Å². The molecular weight excluding hydrogens is 350 g/mol. The first kappa shape index (κ1) is 22.6. The number of unbranched alkanes of at least 4 members (excludes halogenated alkanes) is 4. The number of hydrogen-bond acceptors (Lipinski definition) is 6. The summed E-state index contributed by atoms with van der Waals surface area (Å²) >= 11 is 0. The minimum atomic E-state index is -0.462. The van der Waals surface area contributed by atoms with Crippen molar-refractivity contribution in [2.24, 2.45) is 0 Å². The summed E-state index contributed by atoms with van der Waals surface area (Å²) in [6, 6.07) is 4.72. The van der Waals surface area contributed by atoms with Crippen LogP contribution in [0.5, 0.6) is 0 Å². The molecule has 0 unspecified atom stereocenters. The van der Waals surface area contributed by atoms with Gasteiger partial charge in [-0.2, -0.15) is 0 Å². The second kappa shape index (κ2) is 12.8. The Hall–Kier alpha value is -2.44. The molecule has 0 aliphatic rings. The van der Waals surface area contributed by atoms with Crippen LogP contribution < -0.4 is 0 Å². The fourth-order valence-electron chi connectivity index (χ4n) is 2.52. The Kier molecular flexibility index (Phi) is 10.7. The Labute approximate surface area is 160 Å². The van der Waals surface area contributed by atoms with E-state index in [1.165, 1.54) is 18.9 Å². The topological polar surface area (TPSA) is 95.7 Å². The number of nitrogens with zero attached hydrogens (tertiary/aromatic N) is 1. The number of nitro groups is 1. The summed E-state index contributed by atoms with van der Waals surface area (Å²) in [7, 11) is 0. The minimum absolute atomic E-state index is 0.000915. The normalized spacial score (nSPS) is 10.4. The maximum absolute atomic E-state index is 11.7. The first-order valence-electron chi connectivity index (χ1n) is 9.49.